The minimum Gasteiger partial charge on any atom is -0.326 e. The van der Waals surface area contributed by atoms with Gasteiger partial charge in [0.2, 0.25) is 11.8 Å². The molecule has 2 atom stereocenters. The Balaban J connectivity index is 1.08. The lowest BCUT2D eigenvalue weighted by atomic mass is 9.61. The number of pyridine rings is 1. The number of aromatic nitrogens is 1. The minimum atomic E-state index is -0.931. The molecule has 3 heterocycles. The van der Waals surface area contributed by atoms with E-state index < -0.39 is 16.9 Å². The Morgan fingerprint density at radius 2 is 1.49 bits per heavy atom. The Bertz CT molecular complexity index is 1540. The molecule has 0 N–H and O–H groups in total. The molecule has 5 aliphatic rings. The number of nitrogens with zero attached hydrogens (tertiary/aromatic N) is 5. The van der Waals surface area contributed by atoms with Gasteiger partial charge in [0.25, 0.3) is 0 Å². The number of amides is 6. The number of hydrogen-bond acceptors (Lipinski definition) is 7. The summed E-state index contributed by atoms with van der Waals surface area (Å²) in [6.45, 7) is 4.02. The molecule has 49 heavy (non-hydrogen) atoms. The van der Waals surface area contributed by atoms with Crippen LogP contribution >= 0.6 is 0 Å². The van der Waals surface area contributed by atoms with Crippen LogP contribution in [0.25, 0.3) is 0 Å². The summed E-state index contributed by atoms with van der Waals surface area (Å²) < 4.78 is 0. The number of carbonyl (C=O) groups is 6. The molecule has 0 aromatic carbocycles. The molecule has 4 fully saturated rings. The highest BCUT2D eigenvalue weighted by atomic mass is 16.2. The van der Waals surface area contributed by atoms with Crippen molar-refractivity contribution < 1.29 is 28.8 Å². The van der Waals surface area contributed by atoms with Gasteiger partial charge in [-0.05, 0) is 95.1 Å². The van der Waals surface area contributed by atoms with Crippen LogP contribution in [-0.4, -0.2) is 100 Å². The van der Waals surface area contributed by atoms with Crippen LogP contribution in [0.1, 0.15) is 101 Å². The Labute approximate surface area is 289 Å². The first kappa shape index (κ1) is 35.0. The fraction of sp³-hybridized carbons (Fsp3) is 0.658. The number of Topliss-reactive ketones (excluding diaryl/α,β-unsaturated/α-hetero) is 2. The standard InChI is InChI=1S/C38H51N5O6/c1-36(28-10-6-5-7-11-28)24-40(3)34(48)42(32(36)46)22-30(44)26-12-16-38(17-13-26)18-14-29(15-19-38)37(2)25-41(4)35(49)43(33(37)47)23-31(45)27-9-8-20-39-21-27/h8-9,14,20-21,26,28H,5-7,10-13,15-19,22-25H2,1-4H3. The van der Waals surface area contributed by atoms with Crippen LogP contribution in [0.5, 0.6) is 0 Å². The number of allylic oxidation sites excluding steroid dienone is 1. The Morgan fingerprint density at radius 3 is 2.10 bits per heavy atom. The molecule has 2 saturated heterocycles. The van der Waals surface area contributed by atoms with Crippen LogP contribution in [0.3, 0.4) is 0 Å². The molecule has 2 aliphatic heterocycles. The van der Waals surface area contributed by atoms with E-state index in [1.165, 1.54) is 22.4 Å². The molecular weight excluding hydrogens is 622 g/mol. The van der Waals surface area contributed by atoms with Crippen LogP contribution in [0.15, 0.2) is 36.2 Å². The second kappa shape index (κ2) is 13.4. The summed E-state index contributed by atoms with van der Waals surface area (Å²) >= 11 is 0. The summed E-state index contributed by atoms with van der Waals surface area (Å²) in [5.41, 5.74) is -0.212. The third-order valence-corrected chi connectivity index (χ3v) is 12.7. The second-order valence-corrected chi connectivity index (χ2v) is 16.0. The van der Waals surface area contributed by atoms with Gasteiger partial charge in [0.15, 0.2) is 11.6 Å². The van der Waals surface area contributed by atoms with Crippen molar-refractivity contribution in [1.82, 2.24) is 24.6 Å². The average Bonchev–Trinajstić information content (AvgIpc) is 3.11. The van der Waals surface area contributed by atoms with Gasteiger partial charge in [0, 0.05) is 51.1 Å². The number of ketones is 2. The van der Waals surface area contributed by atoms with Crippen LogP contribution < -0.4 is 0 Å². The number of urea groups is 2. The average molecular weight is 674 g/mol. The molecule has 6 amide bonds. The molecule has 0 bridgehead atoms. The predicted octanol–water partition coefficient (Wildman–Crippen LogP) is 5.50. The van der Waals surface area contributed by atoms with Crippen LogP contribution in [0, 0.1) is 28.1 Å². The largest absolute Gasteiger partial charge is 0.326 e. The van der Waals surface area contributed by atoms with E-state index >= 15 is 0 Å². The van der Waals surface area contributed by atoms with Crippen molar-refractivity contribution in [3.8, 4) is 0 Å². The summed E-state index contributed by atoms with van der Waals surface area (Å²) in [5.74, 6) is -0.867. The highest BCUT2D eigenvalue weighted by Crippen LogP contribution is 2.52. The molecule has 1 aromatic heterocycles. The van der Waals surface area contributed by atoms with Crippen molar-refractivity contribution in [3.63, 3.8) is 0 Å². The second-order valence-electron chi connectivity index (χ2n) is 16.0. The van der Waals surface area contributed by atoms with Crippen molar-refractivity contribution in [2.75, 3.05) is 40.3 Å². The maximum absolute atomic E-state index is 13.9. The van der Waals surface area contributed by atoms with E-state index in [-0.39, 0.29) is 66.3 Å². The van der Waals surface area contributed by atoms with Crippen molar-refractivity contribution in [3.05, 3.63) is 41.7 Å². The topological polar surface area (TPSA) is 128 Å². The van der Waals surface area contributed by atoms with Crippen molar-refractivity contribution in [2.45, 2.75) is 90.9 Å². The molecule has 11 nitrogen and oxygen atoms in total. The lowest BCUT2D eigenvalue weighted by Crippen LogP contribution is -2.63. The van der Waals surface area contributed by atoms with Gasteiger partial charge in [0.05, 0.1) is 23.9 Å². The van der Waals surface area contributed by atoms with E-state index in [0.717, 1.165) is 61.8 Å². The summed E-state index contributed by atoms with van der Waals surface area (Å²) in [6.07, 6.45) is 16.1. The zero-order valence-corrected chi connectivity index (χ0v) is 29.5. The molecule has 2 saturated carbocycles. The summed E-state index contributed by atoms with van der Waals surface area (Å²) in [4.78, 5) is 89.9. The van der Waals surface area contributed by atoms with Crippen molar-refractivity contribution >= 4 is 35.4 Å². The summed E-state index contributed by atoms with van der Waals surface area (Å²) in [6, 6.07) is 2.43. The van der Waals surface area contributed by atoms with E-state index in [1.807, 2.05) is 13.8 Å². The summed E-state index contributed by atoms with van der Waals surface area (Å²) in [7, 11) is 3.40. The monoisotopic (exact) mass is 673 g/mol. The fourth-order valence-electron chi connectivity index (χ4n) is 9.49. The van der Waals surface area contributed by atoms with Crippen molar-refractivity contribution in [1.29, 1.82) is 0 Å². The zero-order valence-electron chi connectivity index (χ0n) is 29.5. The smallest absolute Gasteiger partial charge is 0.326 e. The first-order valence-corrected chi connectivity index (χ1v) is 18.1. The van der Waals surface area contributed by atoms with Crippen LogP contribution in [0.2, 0.25) is 0 Å². The highest BCUT2D eigenvalue weighted by Gasteiger charge is 2.53. The molecule has 11 heteroatoms. The van der Waals surface area contributed by atoms with Crippen LogP contribution in [-0.2, 0) is 14.4 Å². The first-order chi connectivity index (χ1) is 23.3. The molecular formula is C38H51N5O6. The Kier molecular flexibility index (Phi) is 9.58. The lowest BCUT2D eigenvalue weighted by molar-refractivity contribution is -0.150. The molecule has 264 valence electrons. The number of imide groups is 2. The van der Waals surface area contributed by atoms with Crippen molar-refractivity contribution in [2.24, 2.45) is 28.1 Å². The van der Waals surface area contributed by atoms with Gasteiger partial charge in [-0.2, -0.15) is 0 Å². The van der Waals surface area contributed by atoms with Gasteiger partial charge in [0.1, 0.15) is 0 Å². The van der Waals surface area contributed by atoms with E-state index in [4.69, 9.17) is 0 Å². The third kappa shape index (κ3) is 6.45. The quantitative estimate of drug-likeness (QED) is 0.263. The van der Waals surface area contributed by atoms with Gasteiger partial charge in [-0.15, -0.1) is 0 Å². The molecule has 3 aliphatic carbocycles. The molecule has 2 unspecified atom stereocenters. The SMILES string of the molecule is CN1CC(C)(C2=CCC3(CC2)CCC(C(=O)CN2C(=O)N(C)CC(C)(C4CCCCC4)C2=O)CC3)C(=O)N(CC(=O)c2cccnc2)C1=O. The third-order valence-electron chi connectivity index (χ3n) is 12.7. The van der Waals surface area contributed by atoms with E-state index in [9.17, 15) is 28.8 Å². The van der Waals surface area contributed by atoms with Gasteiger partial charge in [-0.25, -0.2) is 9.59 Å². The molecule has 1 spiro atoms. The van der Waals surface area contributed by atoms with E-state index in [1.54, 1.807) is 37.3 Å². The normalized spacial score (nSPS) is 31.8. The Hall–Kier alpha value is -3.89. The van der Waals surface area contributed by atoms with Gasteiger partial charge >= 0.3 is 12.1 Å². The van der Waals surface area contributed by atoms with Gasteiger partial charge in [-0.3, -0.25) is 34.0 Å². The van der Waals surface area contributed by atoms with Gasteiger partial charge in [-0.1, -0.05) is 30.9 Å². The summed E-state index contributed by atoms with van der Waals surface area (Å²) in [5, 5.41) is 0. The van der Waals surface area contributed by atoms with E-state index in [0.29, 0.717) is 31.4 Å². The maximum atomic E-state index is 13.9. The fourth-order valence-corrected chi connectivity index (χ4v) is 9.49. The number of hydrogen-bond donors (Lipinski definition) is 0. The lowest BCUT2D eigenvalue weighted by Gasteiger charge is -2.48. The number of rotatable bonds is 8. The molecule has 6 rings (SSSR count). The van der Waals surface area contributed by atoms with Crippen LogP contribution in [0.4, 0.5) is 9.59 Å². The maximum Gasteiger partial charge on any atom is 0.326 e. The minimum absolute atomic E-state index is 0.0289. The Morgan fingerprint density at radius 1 is 0.837 bits per heavy atom. The predicted molar refractivity (Wildman–Crippen MR) is 182 cm³/mol. The number of carbonyl (C=O) groups excluding carboxylic acids is 6. The highest BCUT2D eigenvalue weighted by molar-refractivity contribution is 6.07. The molecule has 1 aromatic rings. The van der Waals surface area contributed by atoms with E-state index in [2.05, 4.69) is 11.1 Å². The zero-order chi connectivity index (χ0) is 35.1. The van der Waals surface area contributed by atoms with Gasteiger partial charge < -0.3 is 9.80 Å². The molecule has 0 radical (unpaired) electrons. The first-order valence-electron chi connectivity index (χ1n) is 18.1.